The van der Waals surface area contributed by atoms with Crippen molar-refractivity contribution in [1.82, 2.24) is 15.1 Å². The normalized spacial score (nSPS) is 16.8. The van der Waals surface area contributed by atoms with Crippen LogP contribution >= 0.6 is 0 Å². The summed E-state index contributed by atoms with van der Waals surface area (Å²) >= 11 is 0. The lowest BCUT2D eigenvalue weighted by molar-refractivity contribution is 0.0175. The van der Waals surface area contributed by atoms with Crippen molar-refractivity contribution in [2.75, 3.05) is 19.5 Å². The van der Waals surface area contributed by atoms with E-state index in [1.165, 1.54) is 28.9 Å². The fourth-order valence-electron chi connectivity index (χ4n) is 3.70. The second kappa shape index (κ2) is 10.5. The minimum atomic E-state index is -0.700. The first kappa shape index (κ1) is 24.1. The van der Waals surface area contributed by atoms with E-state index in [2.05, 4.69) is 15.7 Å². The van der Waals surface area contributed by atoms with E-state index in [1.54, 1.807) is 38.5 Å². The molecule has 0 saturated heterocycles. The number of rotatable bonds is 8. The second-order valence-electron chi connectivity index (χ2n) is 8.21. The Bertz CT molecular complexity index is 1290. The number of nitrogens with one attached hydrogen (secondary N) is 2. The van der Waals surface area contributed by atoms with Crippen LogP contribution in [-0.4, -0.2) is 48.0 Å². The average molecular weight is 480 g/mol. The third-order valence-corrected chi connectivity index (χ3v) is 5.82. The Morgan fingerprint density at radius 3 is 2.49 bits per heavy atom. The molecule has 4 rings (SSSR count). The summed E-state index contributed by atoms with van der Waals surface area (Å²) in [6, 6.07) is 13.3. The van der Waals surface area contributed by atoms with E-state index < -0.39 is 17.6 Å². The highest BCUT2D eigenvalue weighted by atomic mass is 19.1. The van der Waals surface area contributed by atoms with E-state index in [9.17, 15) is 18.8 Å². The molecule has 3 aromatic rings. The van der Waals surface area contributed by atoms with Crippen LogP contribution in [0.3, 0.4) is 0 Å². The minimum absolute atomic E-state index is 0.00601. The zero-order valence-corrected chi connectivity index (χ0v) is 19.3. The number of benzene rings is 2. The highest BCUT2D eigenvalue weighted by Crippen LogP contribution is 2.23. The van der Waals surface area contributed by atoms with Gasteiger partial charge in [-0.1, -0.05) is 12.1 Å². The molecular weight excluding hydrogens is 455 g/mol. The minimum Gasteiger partial charge on any atom is -0.497 e. The van der Waals surface area contributed by atoms with Crippen LogP contribution in [0.5, 0.6) is 5.75 Å². The van der Waals surface area contributed by atoms with Gasteiger partial charge in [-0.15, -0.1) is 0 Å². The predicted octanol–water partition coefficient (Wildman–Crippen LogP) is 2.60. The zero-order valence-electron chi connectivity index (χ0n) is 19.3. The zero-order chi connectivity index (χ0) is 24.9. The Morgan fingerprint density at radius 1 is 1.06 bits per heavy atom. The highest BCUT2D eigenvalue weighted by molar-refractivity contribution is 6.03. The summed E-state index contributed by atoms with van der Waals surface area (Å²) in [5.41, 5.74) is 0.467. The molecule has 1 saturated carbocycles. The van der Waals surface area contributed by atoms with Crippen LogP contribution in [0.4, 0.5) is 10.1 Å². The Kier molecular flexibility index (Phi) is 7.21. The molecule has 0 unspecified atom stereocenters. The van der Waals surface area contributed by atoms with Gasteiger partial charge in [-0.25, -0.2) is 9.07 Å². The third kappa shape index (κ3) is 5.72. The van der Waals surface area contributed by atoms with Crippen LogP contribution in [0, 0.1) is 5.82 Å². The van der Waals surface area contributed by atoms with Crippen molar-refractivity contribution in [3.05, 3.63) is 87.6 Å². The van der Waals surface area contributed by atoms with E-state index in [0.717, 1.165) is 11.6 Å². The lowest BCUT2D eigenvalue weighted by Crippen LogP contribution is -2.47. The summed E-state index contributed by atoms with van der Waals surface area (Å²) < 4.78 is 25.8. The number of aromatic nitrogens is 2. The maximum absolute atomic E-state index is 14.3. The van der Waals surface area contributed by atoms with E-state index >= 15 is 0 Å². The predicted molar refractivity (Wildman–Crippen MR) is 126 cm³/mol. The van der Waals surface area contributed by atoms with Gasteiger partial charge in [0, 0.05) is 24.9 Å². The van der Waals surface area contributed by atoms with Crippen molar-refractivity contribution < 1.29 is 23.5 Å². The number of carbonyl (C=O) groups excluding carboxylic acids is 2. The van der Waals surface area contributed by atoms with Crippen LogP contribution < -0.4 is 20.9 Å². The molecule has 1 aromatic heterocycles. The van der Waals surface area contributed by atoms with Gasteiger partial charge in [-0.3, -0.25) is 14.4 Å². The topological polar surface area (TPSA) is 112 Å². The number of anilines is 1. The van der Waals surface area contributed by atoms with Gasteiger partial charge >= 0.3 is 0 Å². The van der Waals surface area contributed by atoms with Gasteiger partial charge in [0.1, 0.15) is 17.3 Å². The Balaban J connectivity index is 1.45. The SMILES string of the molecule is COc1ccc(Cn2nc(C(=O)Nc3ccc(F)c(C(=O)NC4CC(OC)C4)c3)ccc2=O)cc1. The van der Waals surface area contributed by atoms with Crippen molar-refractivity contribution in [1.29, 1.82) is 0 Å². The van der Waals surface area contributed by atoms with Crippen LogP contribution in [0.15, 0.2) is 59.4 Å². The van der Waals surface area contributed by atoms with Gasteiger partial charge < -0.3 is 20.1 Å². The summed E-state index contributed by atoms with van der Waals surface area (Å²) in [6.45, 7) is 0.163. The quantitative estimate of drug-likeness (QED) is 0.513. The van der Waals surface area contributed by atoms with Crippen molar-refractivity contribution in [2.24, 2.45) is 0 Å². The first-order chi connectivity index (χ1) is 16.9. The molecule has 0 radical (unpaired) electrons. The molecule has 2 amide bonds. The number of halogens is 1. The standard InChI is InChI=1S/C25H25FN4O5/c1-34-18-6-3-15(4-7-18)14-30-23(31)10-9-22(29-30)25(33)27-16-5-8-21(26)20(13-16)24(32)28-17-11-19(12-17)35-2/h3-10,13,17,19H,11-12,14H2,1-2H3,(H,27,33)(H,28,32). The van der Waals surface area contributed by atoms with Gasteiger partial charge in [0.2, 0.25) is 0 Å². The number of methoxy groups -OCH3 is 2. The summed E-state index contributed by atoms with van der Waals surface area (Å²) in [7, 11) is 3.17. The maximum atomic E-state index is 14.3. The van der Waals surface area contributed by atoms with Gasteiger partial charge in [0.05, 0.1) is 25.3 Å². The van der Waals surface area contributed by atoms with Gasteiger partial charge in [0.25, 0.3) is 17.4 Å². The van der Waals surface area contributed by atoms with Crippen LogP contribution in [0.25, 0.3) is 0 Å². The lowest BCUT2D eigenvalue weighted by Gasteiger charge is -2.34. The monoisotopic (exact) mass is 480 g/mol. The molecule has 0 atom stereocenters. The number of hydrogen-bond donors (Lipinski definition) is 2. The average Bonchev–Trinajstić information content (AvgIpc) is 2.83. The summed E-state index contributed by atoms with van der Waals surface area (Å²) in [4.78, 5) is 37.5. The third-order valence-electron chi connectivity index (χ3n) is 5.82. The van der Waals surface area contributed by atoms with Crippen molar-refractivity contribution in [3.8, 4) is 5.75 Å². The Morgan fingerprint density at radius 2 is 1.80 bits per heavy atom. The maximum Gasteiger partial charge on any atom is 0.276 e. The molecule has 1 heterocycles. The number of ether oxygens (including phenoxy) is 2. The van der Waals surface area contributed by atoms with Crippen molar-refractivity contribution in [2.45, 2.75) is 31.5 Å². The van der Waals surface area contributed by atoms with Crippen molar-refractivity contribution >= 4 is 17.5 Å². The summed E-state index contributed by atoms with van der Waals surface area (Å²) in [6.07, 6.45) is 1.42. The van der Waals surface area contributed by atoms with E-state index in [0.29, 0.717) is 18.6 Å². The summed E-state index contributed by atoms with van der Waals surface area (Å²) in [5.74, 6) is -1.19. The molecule has 1 fully saturated rings. The fraction of sp³-hybridized carbons (Fsp3) is 0.280. The smallest absolute Gasteiger partial charge is 0.276 e. The first-order valence-corrected chi connectivity index (χ1v) is 11.0. The molecule has 9 nitrogen and oxygen atoms in total. The van der Waals surface area contributed by atoms with Crippen LogP contribution in [0.2, 0.25) is 0 Å². The van der Waals surface area contributed by atoms with E-state index in [1.807, 2.05) is 0 Å². The molecule has 35 heavy (non-hydrogen) atoms. The molecule has 1 aliphatic rings. The molecule has 0 spiro atoms. The summed E-state index contributed by atoms with van der Waals surface area (Å²) in [5, 5.41) is 9.52. The van der Waals surface area contributed by atoms with Gasteiger partial charge in [-0.2, -0.15) is 5.10 Å². The lowest BCUT2D eigenvalue weighted by atomic mass is 9.89. The Labute approximate surface area is 200 Å². The molecule has 2 aromatic carbocycles. The van der Waals surface area contributed by atoms with Crippen LogP contribution in [0.1, 0.15) is 39.3 Å². The Hall–Kier alpha value is -4.05. The van der Waals surface area contributed by atoms with Crippen molar-refractivity contribution in [3.63, 3.8) is 0 Å². The molecule has 2 N–H and O–H groups in total. The largest absolute Gasteiger partial charge is 0.497 e. The second-order valence-corrected chi connectivity index (χ2v) is 8.21. The molecule has 182 valence electrons. The van der Waals surface area contributed by atoms with Gasteiger partial charge in [-0.05, 0) is 54.8 Å². The first-order valence-electron chi connectivity index (χ1n) is 11.0. The molecule has 10 heteroatoms. The number of nitrogens with zero attached hydrogens (tertiary/aromatic N) is 2. The van der Waals surface area contributed by atoms with E-state index in [-0.39, 0.29) is 41.2 Å². The van der Waals surface area contributed by atoms with Gasteiger partial charge in [0.15, 0.2) is 0 Å². The van der Waals surface area contributed by atoms with Crippen LogP contribution in [-0.2, 0) is 11.3 Å². The molecule has 0 aliphatic heterocycles. The fourth-order valence-corrected chi connectivity index (χ4v) is 3.70. The number of amides is 2. The number of carbonyl (C=O) groups is 2. The van der Waals surface area contributed by atoms with E-state index in [4.69, 9.17) is 9.47 Å². The number of hydrogen-bond acceptors (Lipinski definition) is 6. The highest BCUT2D eigenvalue weighted by Gasteiger charge is 2.31. The molecular formula is C25H25FN4O5. The molecule has 1 aliphatic carbocycles. The molecule has 0 bridgehead atoms.